The molecule has 0 aromatic carbocycles. The van der Waals surface area contributed by atoms with Crippen LogP contribution in [0.3, 0.4) is 0 Å². The molecular formula is C7H15O2Si. The fraction of sp³-hybridized carbons (Fsp3) is 0.857. The van der Waals surface area contributed by atoms with Gasteiger partial charge in [0.25, 0.3) is 0 Å². The van der Waals surface area contributed by atoms with Crippen LogP contribution in [0.5, 0.6) is 0 Å². The summed E-state index contributed by atoms with van der Waals surface area (Å²) in [7, 11) is 1.15. The van der Waals surface area contributed by atoms with Crippen LogP contribution in [0.2, 0.25) is 19.1 Å². The summed E-state index contributed by atoms with van der Waals surface area (Å²) in [4.78, 5) is 10.8. The van der Waals surface area contributed by atoms with E-state index >= 15 is 0 Å². The second-order valence-electron chi connectivity index (χ2n) is 2.84. The van der Waals surface area contributed by atoms with Crippen LogP contribution in [-0.2, 0) is 9.53 Å². The fourth-order valence-corrected chi connectivity index (χ4v) is 2.29. The van der Waals surface area contributed by atoms with Crippen molar-refractivity contribution in [1.82, 2.24) is 0 Å². The monoisotopic (exact) mass is 159 g/mol. The standard InChI is InChI=1S/C7H15O2Si/c1-6(5-10(3)4)7(8)9-2/h6H,5H2,1-4H3. The van der Waals surface area contributed by atoms with Gasteiger partial charge < -0.3 is 4.74 Å². The number of hydrogen-bond acceptors (Lipinski definition) is 2. The molecule has 0 aliphatic rings. The number of esters is 1. The van der Waals surface area contributed by atoms with Crippen LogP contribution in [0.4, 0.5) is 0 Å². The van der Waals surface area contributed by atoms with Crippen molar-refractivity contribution in [3.8, 4) is 0 Å². The normalized spacial score (nSPS) is 13.3. The van der Waals surface area contributed by atoms with Crippen LogP contribution in [0.1, 0.15) is 6.92 Å². The summed E-state index contributed by atoms with van der Waals surface area (Å²) in [6.45, 7) is 6.32. The maximum Gasteiger partial charge on any atom is 0.308 e. The molecule has 0 saturated carbocycles. The minimum atomic E-state index is -0.289. The lowest BCUT2D eigenvalue weighted by atomic mass is 10.2. The van der Waals surface area contributed by atoms with Gasteiger partial charge in [-0.3, -0.25) is 4.79 Å². The summed E-state index contributed by atoms with van der Waals surface area (Å²) < 4.78 is 4.59. The molecule has 0 rings (SSSR count). The number of methoxy groups -OCH3 is 1. The van der Waals surface area contributed by atoms with Gasteiger partial charge in [-0.25, -0.2) is 0 Å². The lowest BCUT2D eigenvalue weighted by Crippen LogP contribution is -2.17. The molecule has 1 atom stereocenters. The Bertz CT molecular complexity index is 112. The van der Waals surface area contributed by atoms with Crippen molar-refractivity contribution in [2.24, 2.45) is 5.92 Å². The molecule has 0 saturated heterocycles. The third kappa shape index (κ3) is 3.66. The average Bonchev–Trinajstić information content (AvgIpc) is 1.85. The molecule has 0 aromatic heterocycles. The first kappa shape index (κ1) is 9.69. The van der Waals surface area contributed by atoms with E-state index in [-0.39, 0.29) is 20.7 Å². The SMILES string of the molecule is COC(=O)C(C)C[Si](C)C. The van der Waals surface area contributed by atoms with Crippen LogP contribution in [0, 0.1) is 5.92 Å². The summed E-state index contributed by atoms with van der Waals surface area (Å²) in [5.74, 6) is 0.0140. The van der Waals surface area contributed by atoms with E-state index in [9.17, 15) is 4.79 Å². The highest BCUT2D eigenvalue weighted by molar-refractivity contribution is 6.56. The number of carbonyl (C=O) groups excluding carboxylic acids is 1. The fourth-order valence-electron chi connectivity index (χ4n) is 0.897. The molecule has 59 valence electrons. The van der Waals surface area contributed by atoms with Gasteiger partial charge in [-0.1, -0.05) is 20.0 Å². The van der Waals surface area contributed by atoms with Crippen LogP contribution in [0.25, 0.3) is 0 Å². The number of carbonyl (C=O) groups is 1. The highest BCUT2D eigenvalue weighted by Crippen LogP contribution is 2.07. The molecule has 0 heterocycles. The van der Waals surface area contributed by atoms with E-state index in [0.29, 0.717) is 0 Å². The Kier molecular flexibility index (Phi) is 4.35. The van der Waals surface area contributed by atoms with Gasteiger partial charge in [0.15, 0.2) is 0 Å². The van der Waals surface area contributed by atoms with Crippen LogP contribution in [-0.4, -0.2) is 21.9 Å². The van der Waals surface area contributed by atoms with E-state index in [1.54, 1.807) is 0 Å². The predicted octanol–water partition coefficient (Wildman–Crippen LogP) is 1.55. The Hall–Kier alpha value is -0.313. The molecule has 1 radical (unpaired) electrons. The van der Waals surface area contributed by atoms with Gasteiger partial charge in [0.2, 0.25) is 0 Å². The molecule has 10 heavy (non-hydrogen) atoms. The van der Waals surface area contributed by atoms with Gasteiger partial charge in [0.05, 0.1) is 13.0 Å². The number of hydrogen-bond donors (Lipinski definition) is 0. The van der Waals surface area contributed by atoms with Crippen LogP contribution < -0.4 is 0 Å². The smallest absolute Gasteiger partial charge is 0.308 e. The lowest BCUT2D eigenvalue weighted by Gasteiger charge is -2.09. The minimum absolute atomic E-state index is 0.0776. The van der Waals surface area contributed by atoms with Gasteiger partial charge in [-0.15, -0.1) is 0 Å². The zero-order valence-electron chi connectivity index (χ0n) is 7.10. The van der Waals surface area contributed by atoms with E-state index in [0.717, 1.165) is 6.04 Å². The van der Waals surface area contributed by atoms with Gasteiger partial charge >= 0.3 is 5.97 Å². The van der Waals surface area contributed by atoms with E-state index in [4.69, 9.17) is 0 Å². The van der Waals surface area contributed by atoms with E-state index in [1.807, 2.05) is 6.92 Å². The summed E-state index contributed by atoms with van der Waals surface area (Å²) in [5, 5.41) is 0. The molecule has 2 nitrogen and oxygen atoms in total. The van der Waals surface area contributed by atoms with Crippen LogP contribution >= 0.6 is 0 Å². The first-order valence-corrected chi connectivity index (χ1v) is 6.15. The molecule has 0 aliphatic heterocycles. The average molecular weight is 159 g/mol. The van der Waals surface area contributed by atoms with Gasteiger partial charge in [-0.2, -0.15) is 0 Å². The van der Waals surface area contributed by atoms with Gasteiger partial charge in [0.1, 0.15) is 0 Å². The molecular weight excluding hydrogens is 144 g/mol. The summed E-state index contributed by atoms with van der Waals surface area (Å²) in [5.41, 5.74) is 0. The molecule has 0 amide bonds. The third-order valence-electron chi connectivity index (χ3n) is 1.32. The highest BCUT2D eigenvalue weighted by Gasteiger charge is 2.14. The predicted molar refractivity (Wildman–Crippen MR) is 43.5 cm³/mol. The zero-order valence-corrected chi connectivity index (χ0v) is 8.10. The maximum atomic E-state index is 10.8. The second kappa shape index (κ2) is 4.49. The van der Waals surface area contributed by atoms with Gasteiger partial charge in [0, 0.05) is 8.80 Å². The largest absolute Gasteiger partial charge is 0.469 e. The van der Waals surface area contributed by atoms with E-state index in [1.165, 1.54) is 7.11 Å². The van der Waals surface area contributed by atoms with Crippen molar-refractivity contribution >= 4 is 14.8 Å². The van der Waals surface area contributed by atoms with Crippen molar-refractivity contribution < 1.29 is 9.53 Å². The van der Waals surface area contributed by atoms with E-state index in [2.05, 4.69) is 17.8 Å². The lowest BCUT2D eigenvalue weighted by molar-refractivity contribution is -0.144. The molecule has 3 heteroatoms. The van der Waals surface area contributed by atoms with Crippen molar-refractivity contribution in [2.75, 3.05) is 7.11 Å². The molecule has 0 N–H and O–H groups in total. The first-order valence-electron chi connectivity index (χ1n) is 3.44. The Morgan fingerprint density at radius 2 is 2.10 bits per heavy atom. The molecule has 0 bridgehead atoms. The summed E-state index contributed by atoms with van der Waals surface area (Å²) >= 11 is 0. The Balaban J connectivity index is 3.61. The molecule has 0 fully saturated rings. The molecule has 0 aromatic rings. The quantitative estimate of drug-likeness (QED) is 0.461. The third-order valence-corrected chi connectivity index (χ3v) is 2.75. The zero-order chi connectivity index (χ0) is 8.15. The number of ether oxygens (including phenoxy) is 1. The number of rotatable bonds is 3. The Morgan fingerprint density at radius 3 is 2.40 bits per heavy atom. The first-order chi connectivity index (χ1) is 4.57. The molecule has 0 spiro atoms. The van der Waals surface area contributed by atoms with Crippen molar-refractivity contribution in [2.45, 2.75) is 26.1 Å². The maximum absolute atomic E-state index is 10.8. The Morgan fingerprint density at radius 1 is 1.60 bits per heavy atom. The molecule has 1 unspecified atom stereocenters. The topological polar surface area (TPSA) is 26.3 Å². The van der Waals surface area contributed by atoms with Gasteiger partial charge in [-0.05, 0) is 6.04 Å². The van der Waals surface area contributed by atoms with Crippen molar-refractivity contribution in [3.63, 3.8) is 0 Å². The minimum Gasteiger partial charge on any atom is -0.469 e. The molecule has 0 aliphatic carbocycles. The Labute approximate surface area is 64.2 Å². The highest BCUT2D eigenvalue weighted by atomic mass is 28.3. The van der Waals surface area contributed by atoms with E-state index < -0.39 is 0 Å². The summed E-state index contributed by atoms with van der Waals surface area (Å²) in [6, 6.07) is 1.01. The van der Waals surface area contributed by atoms with Crippen LogP contribution in [0.15, 0.2) is 0 Å². The van der Waals surface area contributed by atoms with Crippen molar-refractivity contribution in [3.05, 3.63) is 0 Å². The summed E-state index contributed by atoms with van der Waals surface area (Å²) in [6.07, 6.45) is 0. The van der Waals surface area contributed by atoms with Crippen molar-refractivity contribution in [1.29, 1.82) is 0 Å². The second-order valence-corrected chi connectivity index (χ2v) is 5.66.